The highest BCUT2D eigenvalue weighted by molar-refractivity contribution is 5.86. The molecule has 0 saturated carbocycles. The zero-order chi connectivity index (χ0) is 13.2. The van der Waals surface area contributed by atoms with Crippen LogP contribution in [0.2, 0.25) is 0 Å². The van der Waals surface area contributed by atoms with Gasteiger partial charge in [0.1, 0.15) is 6.61 Å². The fourth-order valence-corrected chi connectivity index (χ4v) is 1.83. The number of anilines is 2. The summed E-state index contributed by atoms with van der Waals surface area (Å²) < 4.78 is 11.1. The van der Waals surface area contributed by atoms with Gasteiger partial charge in [-0.05, 0) is 23.8 Å². The lowest BCUT2D eigenvalue weighted by Crippen LogP contribution is -2.01. The van der Waals surface area contributed by atoms with Gasteiger partial charge >= 0.3 is 0 Å². The molecule has 0 bridgehead atoms. The summed E-state index contributed by atoms with van der Waals surface area (Å²) in [6.45, 7) is 0.381. The van der Waals surface area contributed by atoms with Crippen LogP contribution in [0.1, 0.15) is 5.56 Å². The summed E-state index contributed by atoms with van der Waals surface area (Å²) in [7, 11) is 0. The Bertz CT molecular complexity index is 704. The van der Waals surface area contributed by atoms with Gasteiger partial charge in [0.05, 0.1) is 6.26 Å². The van der Waals surface area contributed by atoms with Crippen molar-refractivity contribution in [1.29, 1.82) is 0 Å². The third-order valence-corrected chi connectivity index (χ3v) is 2.84. The molecule has 0 atom stereocenters. The quantitative estimate of drug-likeness (QED) is 0.702. The number of benzene rings is 1. The summed E-state index contributed by atoms with van der Waals surface area (Å²) in [5.74, 6) is 0.789. The van der Waals surface area contributed by atoms with Crippen LogP contribution in [-0.4, -0.2) is 4.98 Å². The average Bonchev–Trinajstić information content (AvgIpc) is 2.88. The molecule has 5 heteroatoms. The molecule has 2 aromatic heterocycles. The second kappa shape index (κ2) is 4.53. The molecule has 0 radical (unpaired) electrons. The minimum atomic E-state index is 0.317. The first-order valence-corrected chi connectivity index (χ1v) is 5.83. The number of hydrogen-bond donors (Lipinski definition) is 2. The van der Waals surface area contributed by atoms with E-state index < -0.39 is 0 Å². The third-order valence-electron chi connectivity index (χ3n) is 2.84. The lowest BCUT2D eigenvalue weighted by Gasteiger charge is -2.08. The first-order valence-electron chi connectivity index (χ1n) is 5.83. The molecule has 19 heavy (non-hydrogen) atoms. The molecule has 5 nitrogen and oxygen atoms in total. The van der Waals surface area contributed by atoms with Crippen LogP contribution >= 0.6 is 0 Å². The second-order valence-corrected chi connectivity index (χ2v) is 4.21. The van der Waals surface area contributed by atoms with Gasteiger partial charge in [-0.3, -0.25) is 0 Å². The molecule has 0 unspecified atom stereocenters. The Kier molecular flexibility index (Phi) is 2.72. The van der Waals surface area contributed by atoms with Crippen molar-refractivity contribution in [3.05, 3.63) is 48.4 Å². The molecule has 96 valence electrons. The molecule has 3 aromatic rings. The fraction of sp³-hybridized carbons (Fsp3) is 0.0714. The lowest BCUT2D eigenvalue weighted by molar-refractivity contribution is 0.306. The predicted molar refractivity (Wildman–Crippen MR) is 73.6 cm³/mol. The van der Waals surface area contributed by atoms with Crippen LogP contribution in [0.4, 0.5) is 11.5 Å². The summed E-state index contributed by atoms with van der Waals surface area (Å²) in [4.78, 5) is 4.08. The van der Waals surface area contributed by atoms with E-state index in [1.165, 1.54) is 0 Å². The Morgan fingerprint density at radius 1 is 1.11 bits per heavy atom. The van der Waals surface area contributed by atoms with Crippen LogP contribution in [0.25, 0.3) is 11.0 Å². The van der Waals surface area contributed by atoms with E-state index in [0.29, 0.717) is 23.8 Å². The largest absolute Gasteiger partial charge is 0.482 e. The average molecular weight is 255 g/mol. The zero-order valence-electron chi connectivity index (χ0n) is 10.2. The Morgan fingerprint density at radius 2 is 1.89 bits per heavy atom. The lowest BCUT2D eigenvalue weighted by atomic mass is 10.2. The highest BCUT2D eigenvalue weighted by Crippen LogP contribution is 2.31. The Morgan fingerprint density at radius 3 is 2.68 bits per heavy atom. The van der Waals surface area contributed by atoms with Crippen molar-refractivity contribution in [1.82, 2.24) is 4.98 Å². The van der Waals surface area contributed by atoms with Crippen molar-refractivity contribution >= 4 is 22.5 Å². The van der Waals surface area contributed by atoms with Crippen molar-refractivity contribution in [3.8, 4) is 5.75 Å². The summed E-state index contributed by atoms with van der Waals surface area (Å²) in [6.07, 6.45) is 3.24. The highest BCUT2D eigenvalue weighted by Gasteiger charge is 2.11. The molecule has 1 aromatic carbocycles. The van der Waals surface area contributed by atoms with Crippen LogP contribution in [0, 0.1) is 0 Å². The number of pyridine rings is 1. The number of nitrogens with zero attached hydrogens (tertiary/aromatic N) is 1. The normalized spacial score (nSPS) is 10.7. The molecular weight excluding hydrogens is 242 g/mol. The van der Waals surface area contributed by atoms with Gasteiger partial charge in [0, 0.05) is 17.3 Å². The van der Waals surface area contributed by atoms with Gasteiger partial charge in [0.15, 0.2) is 11.4 Å². The Labute approximate surface area is 109 Å². The zero-order valence-corrected chi connectivity index (χ0v) is 10.2. The van der Waals surface area contributed by atoms with Gasteiger partial charge in [-0.2, -0.15) is 0 Å². The first-order chi connectivity index (χ1) is 9.24. The number of aromatic nitrogens is 1. The van der Waals surface area contributed by atoms with Crippen LogP contribution in [-0.2, 0) is 6.61 Å². The SMILES string of the molecule is Nc1ccc(COc2c(N)ncc3ccoc23)cc1. The van der Waals surface area contributed by atoms with Crippen LogP contribution in [0.15, 0.2) is 47.2 Å². The molecular formula is C14H13N3O2. The molecule has 0 amide bonds. The maximum Gasteiger partial charge on any atom is 0.205 e. The predicted octanol–water partition coefficient (Wildman–Crippen LogP) is 2.57. The Balaban J connectivity index is 1.87. The van der Waals surface area contributed by atoms with Crippen molar-refractivity contribution in [2.24, 2.45) is 0 Å². The molecule has 4 N–H and O–H groups in total. The molecule has 3 rings (SSSR count). The number of furan rings is 1. The number of rotatable bonds is 3. The Hall–Kier alpha value is -2.69. The molecule has 2 heterocycles. The van der Waals surface area contributed by atoms with E-state index in [2.05, 4.69) is 4.98 Å². The van der Waals surface area contributed by atoms with E-state index in [-0.39, 0.29) is 0 Å². The smallest absolute Gasteiger partial charge is 0.205 e. The van der Waals surface area contributed by atoms with Gasteiger partial charge in [-0.25, -0.2) is 4.98 Å². The van der Waals surface area contributed by atoms with Crippen LogP contribution < -0.4 is 16.2 Å². The maximum absolute atomic E-state index is 5.82. The fourth-order valence-electron chi connectivity index (χ4n) is 1.83. The highest BCUT2D eigenvalue weighted by atomic mass is 16.5. The third kappa shape index (κ3) is 2.18. The second-order valence-electron chi connectivity index (χ2n) is 4.21. The van der Waals surface area contributed by atoms with Crippen LogP contribution in [0.3, 0.4) is 0 Å². The number of hydrogen-bond acceptors (Lipinski definition) is 5. The van der Waals surface area contributed by atoms with Gasteiger partial charge in [-0.15, -0.1) is 0 Å². The summed E-state index contributed by atoms with van der Waals surface area (Å²) in [5, 5.41) is 0.863. The summed E-state index contributed by atoms with van der Waals surface area (Å²) >= 11 is 0. The van der Waals surface area contributed by atoms with E-state index >= 15 is 0 Å². The molecule has 0 aliphatic heterocycles. The van der Waals surface area contributed by atoms with E-state index in [4.69, 9.17) is 20.6 Å². The molecule has 0 saturated heterocycles. The number of fused-ring (bicyclic) bond motifs is 1. The van der Waals surface area contributed by atoms with Gasteiger partial charge in [0.25, 0.3) is 0 Å². The van der Waals surface area contributed by atoms with E-state index in [9.17, 15) is 0 Å². The van der Waals surface area contributed by atoms with Crippen LogP contribution in [0.5, 0.6) is 5.75 Å². The van der Waals surface area contributed by atoms with Crippen molar-refractivity contribution in [3.63, 3.8) is 0 Å². The summed E-state index contributed by atoms with van der Waals surface area (Å²) in [5.41, 5.74) is 13.8. The van der Waals surface area contributed by atoms with Gasteiger partial charge < -0.3 is 20.6 Å². The minimum absolute atomic E-state index is 0.317. The molecule has 0 aliphatic carbocycles. The topological polar surface area (TPSA) is 87.3 Å². The summed E-state index contributed by atoms with van der Waals surface area (Å²) in [6, 6.07) is 9.28. The van der Waals surface area contributed by atoms with E-state index in [1.807, 2.05) is 30.3 Å². The minimum Gasteiger partial charge on any atom is -0.482 e. The molecule has 0 fully saturated rings. The number of nitrogen functional groups attached to an aromatic ring is 2. The molecule has 0 aliphatic rings. The standard InChI is InChI=1S/C14H13N3O2/c15-11-3-1-9(2-4-11)8-19-13-12-10(5-6-18-12)7-17-14(13)16/h1-7H,8,15H2,(H2,16,17). The molecule has 0 spiro atoms. The van der Waals surface area contributed by atoms with Gasteiger partial charge in [-0.1, -0.05) is 12.1 Å². The number of ether oxygens (including phenoxy) is 1. The number of nitrogens with two attached hydrogens (primary N) is 2. The van der Waals surface area contributed by atoms with Crippen molar-refractivity contribution in [2.45, 2.75) is 6.61 Å². The van der Waals surface area contributed by atoms with Gasteiger partial charge in [0.2, 0.25) is 5.75 Å². The van der Waals surface area contributed by atoms with E-state index in [1.54, 1.807) is 12.5 Å². The van der Waals surface area contributed by atoms with E-state index in [0.717, 1.165) is 16.6 Å². The van der Waals surface area contributed by atoms with Crippen molar-refractivity contribution < 1.29 is 9.15 Å². The monoisotopic (exact) mass is 255 g/mol. The first kappa shape index (κ1) is 11.4. The maximum atomic E-state index is 5.82. The van der Waals surface area contributed by atoms with Crippen molar-refractivity contribution in [2.75, 3.05) is 11.5 Å².